The molecule has 5 atom stereocenters. The Morgan fingerprint density at radius 2 is 1.72 bits per heavy atom. The number of benzene rings is 2. The van der Waals surface area contributed by atoms with Gasteiger partial charge in [0.2, 0.25) is 0 Å². The third-order valence-electron chi connectivity index (χ3n) is 5.37. The summed E-state index contributed by atoms with van der Waals surface area (Å²) in [7, 11) is 3.14. The minimum absolute atomic E-state index is 0.267. The van der Waals surface area contributed by atoms with Gasteiger partial charge in [0.25, 0.3) is 0 Å². The van der Waals surface area contributed by atoms with Crippen molar-refractivity contribution in [3.63, 3.8) is 0 Å². The molecule has 1 aliphatic heterocycles. The van der Waals surface area contributed by atoms with Crippen LogP contribution in [0.25, 0.3) is 0 Å². The smallest absolute Gasteiger partial charge is 0.119 e. The number of aliphatic hydroxyl groups excluding tert-OH is 1. The van der Waals surface area contributed by atoms with E-state index in [-0.39, 0.29) is 6.10 Å². The van der Waals surface area contributed by atoms with Gasteiger partial charge in [-0.05, 0) is 55.2 Å². The van der Waals surface area contributed by atoms with Crippen LogP contribution in [-0.4, -0.2) is 50.3 Å². The summed E-state index contributed by atoms with van der Waals surface area (Å²) in [4.78, 5) is 0. The van der Waals surface area contributed by atoms with Gasteiger partial charge in [-0.15, -0.1) is 0 Å². The summed E-state index contributed by atoms with van der Waals surface area (Å²) in [5.41, 5.74) is 3.04. The van der Waals surface area contributed by atoms with Crippen molar-refractivity contribution >= 4 is 11.6 Å². The lowest BCUT2D eigenvalue weighted by Crippen LogP contribution is -2.54. The van der Waals surface area contributed by atoms with Crippen LogP contribution in [0, 0.1) is 0 Å². The van der Waals surface area contributed by atoms with Gasteiger partial charge < -0.3 is 24.1 Å². The minimum atomic E-state index is -0.788. The molecule has 0 unspecified atom stereocenters. The van der Waals surface area contributed by atoms with Gasteiger partial charge in [-0.25, -0.2) is 0 Å². The summed E-state index contributed by atoms with van der Waals surface area (Å²) in [6, 6.07) is 13.8. The molecular weight excluding hydrogens is 392 g/mol. The first-order valence-electron chi connectivity index (χ1n) is 9.87. The van der Waals surface area contributed by atoms with Gasteiger partial charge in [0.1, 0.15) is 30.2 Å². The summed E-state index contributed by atoms with van der Waals surface area (Å²) in [5.74, 6) is 0.852. The van der Waals surface area contributed by atoms with Crippen molar-refractivity contribution in [2.24, 2.45) is 0 Å². The van der Waals surface area contributed by atoms with Gasteiger partial charge in [-0.2, -0.15) is 0 Å². The fourth-order valence-electron chi connectivity index (χ4n) is 3.89. The molecule has 29 heavy (non-hydrogen) atoms. The lowest BCUT2D eigenvalue weighted by Gasteiger charge is -2.42. The molecule has 1 saturated heterocycles. The second kappa shape index (κ2) is 9.92. The van der Waals surface area contributed by atoms with Crippen molar-refractivity contribution in [2.45, 2.75) is 50.8 Å². The number of aliphatic hydroxyl groups is 1. The van der Waals surface area contributed by atoms with Gasteiger partial charge in [0.15, 0.2) is 0 Å². The molecule has 0 aromatic heterocycles. The quantitative estimate of drug-likeness (QED) is 0.728. The molecule has 0 radical (unpaired) electrons. The van der Waals surface area contributed by atoms with Gasteiger partial charge in [0.05, 0.1) is 12.7 Å². The van der Waals surface area contributed by atoms with E-state index in [4.69, 9.17) is 30.5 Å². The first-order valence-corrected chi connectivity index (χ1v) is 10.3. The van der Waals surface area contributed by atoms with Crippen molar-refractivity contribution in [2.75, 3.05) is 20.8 Å². The number of hydrogen-bond acceptors (Lipinski definition) is 5. The molecule has 1 aliphatic rings. The Labute approximate surface area is 177 Å². The minimum Gasteiger partial charge on any atom is -0.494 e. The van der Waals surface area contributed by atoms with Crippen molar-refractivity contribution < 1.29 is 24.1 Å². The Kier molecular flexibility index (Phi) is 7.55. The SMILES string of the molecule is CCOc1ccc(Cc2cc([C@@H]3O[C@H](C)[C@@H](OC)[C@H](O)[C@H]3OC)ccc2Cl)cc1. The van der Waals surface area contributed by atoms with Crippen molar-refractivity contribution in [1.29, 1.82) is 0 Å². The van der Waals surface area contributed by atoms with Gasteiger partial charge in [-0.3, -0.25) is 0 Å². The summed E-state index contributed by atoms with van der Waals surface area (Å²) < 4.78 is 22.6. The maximum absolute atomic E-state index is 10.7. The second-order valence-electron chi connectivity index (χ2n) is 7.26. The van der Waals surface area contributed by atoms with Crippen LogP contribution in [0.3, 0.4) is 0 Å². The molecule has 0 spiro atoms. The highest BCUT2D eigenvalue weighted by Crippen LogP contribution is 2.36. The van der Waals surface area contributed by atoms with Crippen LogP contribution in [0.1, 0.15) is 36.6 Å². The maximum Gasteiger partial charge on any atom is 0.119 e. The third kappa shape index (κ3) is 4.93. The number of halogens is 1. The number of rotatable bonds is 7. The fourth-order valence-corrected chi connectivity index (χ4v) is 4.07. The van der Waals surface area contributed by atoms with Crippen LogP contribution >= 0.6 is 11.6 Å². The van der Waals surface area contributed by atoms with Gasteiger partial charge in [-0.1, -0.05) is 35.9 Å². The van der Waals surface area contributed by atoms with Crippen LogP contribution in [0.2, 0.25) is 5.02 Å². The van der Waals surface area contributed by atoms with Crippen LogP contribution in [-0.2, 0) is 20.6 Å². The highest BCUT2D eigenvalue weighted by Gasteiger charge is 2.44. The summed E-state index contributed by atoms with van der Waals surface area (Å²) in [6.07, 6.45) is -1.75. The Morgan fingerprint density at radius 1 is 1.03 bits per heavy atom. The van der Waals surface area contributed by atoms with Crippen LogP contribution in [0.5, 0.6) is 5.75 Å². The third-order valence-corrected chi connectivity index (χ3v) is 5.74. The van der Waals surface area contributed by atoms with Crippen molar-refractivity contribution in [3.8, 4) is 5.75 Å². The predicted octanol–water partition coefficient (Wildman–Crippen LogP) is 4.18. The topological polar surface area (TPSA) is 57.2 Å². The highest BCUT2D eigenvalue weighted by atomic mass is 35.5. The fraction of sp³-hybridized carbons (Fsp3) is 0.478. The Bertz CT molecular complexity index is 794. The molecule has 5 nitrogen and oxygen atoms in total. The maximum atomic E-state index is 10.7. The second-order valence-corrected chi connectivity index (χ2v) is 7.66. The van der Waals surface area contributed by atoms with E-state index in [9.17, 15) is 5.11 Å². The number of ether oxygens (including phenoxy) is 4. The van der Waals surface area contributed by atoms with E-state index in [0.717, 1.165) is 22.4 Å². The van der Waals surface area contributed by atoms with E-state index in [1.54, 1.807) is 14.2 Å². The highest BCUT2D eigenvalue weighted by molar-refractivity contribution is 6.31. The molecule has 0 aliphatic carbocycles. The zero-order valence-corrected chi connectivity index (χ0v) is 18.1. The molecule has 6 heteroatoms. The van der Waals surface area contributed by atoms with E-state index in [1.807, 2.05) is 56.3 Å². The molecule has 158 valence electrons. The summed E-state index contributed by atoms with van der Waals surface area (Å²) in [6.45, 7) is 4.50. The zero-order chi connectivity index (χ0) is 21.0. The largest absolute Gasteiger partial charge is 0.494 e. The van der Waals surface area contributed by atoms with Crippen LogP contribution in [0.15, 0.2) is 42.5 Å². The molecule has 0 amide bonds. The Hall–Kier alpha value is -1.63. The molecule has 1 fully saturated rings. The first kappa shape index (κ1) is 22.1. The van der Waals surface area contributed by atoms with E-state index in [1.165, 1.54) is 0 Å². The summed E-state index contributed by atoms with van der Waals surface area (Å²) >= 11 is 6.47. The molecule has 3 rings (SSSR count). The normalized spacial score (nSPS) is 27.0. The molecule has 0 saturated carbocycles. The average molecular weight is 421 g/mol. The van der Waals surface area contributed by atoms with Gasteiger partial charge >= 0.3 is 0 Å². The Balaban J connectivity index is 1.84. The molecular formula is C23H29ClO5. The lowest BCUT2D eigenvalue weighted by molar-refractivity contribution is -0.233. The number of hydrogen-bond donors (Lipinski definition) is 1. The average Bonchev–Trinajstić information content (AvgIpc) is 2.71. The van der Waals surface area contributed by atoms with E-state index in [0.29, 0.717) is 18.1 Å². The standard InChI is InChI=1S/C23H29ClO5/c1-5-28-18-9-6-15(7-10-18)12-17-13-16(8-11-19(17)24)22-23(27-4)20(25)21(26-3)14(2)29-22/h6-11,13-14,20-23,25H,5,12H2,1-4H3/t14-,20+,21-,22+,23-/m1/s1. The predicted molar refractivity (Wildman–Crippen MR) is 113 cm³/mol. The molecule has 1 heterocycles. The zero-order valence-electron chi connectivity index (χ0n) is 17.3. The van der Waals surface area contributed by atoms with Crippen LogP contribution in [0.4, 0.5) is 0 Å². The number of methoxy groups -OCH3 is 2. The monoisotopic (exact) mass is 420 g/mol. The first-order chi connectivity index (χ1) is 14.0. The van der Waals surface area contributed by atoms with E-state index in [2.05, 4.69) is 0 Å². The van der Waals surface area contributed by atoms with E-state index < -0.39 is 24.4 Å². The van der Waals surface area contributed by atoms with Crippen molar-refractivity contribution in [3.05, 3.63) is 64.2 Å². The van der Waals surface area contributed by atoms with Crippen molar-refractivity contribution in [1.82, 2.24) is 0 Å². The Morgan fingerprint density at radius 3 is 2.34 bits per heavy atom. The van der Waals surface area contributed by atoms with E-state index >= 15 is 0 Å². The molecule has 2 aromatic rings. The van der Waals surface area contributed by atoms with Crippen LogP contribution < -0.4 is 4.74 Å². The molecule has 2 aromatic carbocycles. The van der Waals surface area contributed by atoms with Gasteiger partial charge in [0, 0.05) is 19.2 Å². The summed E-state index contributed by atoms with van der Waals surface area (Å²) in [5, 5.41) is 11.4. The lowest BCUT2D eigenvalue weighted by atomic mass is 9.90. The molecule has 0 bridgehead atoms. The molecule has 1 N–H and O–H groups in total.